The zero-order valence-corrected chi connectivity index (χ0v) is 20.7. The average Bonchev–Trinajstić information content (AvgIpc) is 3.30. The Morgan fingerprint density at radius 3 is 2.49 bits per heavy atom. The number of nitrogens with zero attached hydrogens (tertiary/aromatic N) is 3. The molecule has 13 heteroatoms. The van der Waals surface area contributed by atoms with Crippen LogP contribution in [0.2, 0.25) is 0 Å². The lowest BCUT2D eigenvalue weighted by molar-refractivity contribution is -0.137. The van der Waals surface area contributed by atoms with Gasteiger partial charge in [0.05, 0.1) is 33.4 Å². The number of allylic oxidation sites excluding steroid dienone is 1. The van der Waals surface area contributed by atoms with Crippen molar-refractivity contribution in [2.45, 2.75) is 11.1 Å². The van der Waals surface area contributed by atoms with Crippen LogP contribution in [0, 0.1) is 0 Å². The van der Waals surface area contributed by atoms with E-state index in [0.29, 0.717) is 0 Å². The highest BCUT2D eigenvalue weighted by Gasteiger charge is 2.34. The van der Waals surface area contributed by atoms with E-state index in [4.69, 9.17) is 14.9 Å². The van der Waals surface area contributed by atoms with Crippen molar-refractivity contribution in [2.24, 2.45) is 10.7 Å². The standard InChI is InChI=1S/C22H18BrF3N4O4S/c1-12(33-2)18(27)17(23)19(28-16-10-5-4-9-15(16)22(24,25)26)21-30-29-20(34-21)13-7-6-8-14(11-13)35(3,31)32/h4-11H,1,27H2,2-3H3. The first kappa shape index (κ1) is 26.2. The quantitative estimate of drug-likeness (QED) is 0.241. The van der Waals surface area contributed by atoms with Crippen LogP contribution in [-0.2, 0) is 20.8 Å². The zero-order chi connectivity index (χ0) is 26.0. The van der Waals surface area contributed by atoms with E-state index in [0.717, 1.165) is 18.4 Å². The van der Waals surface area contributed by atoms with Gasteiger partial charge in [0.25, 0.3) is 5.89 Å². The van der Waals surface area contributed by atoms with Crippen LogP contribution < -0.4 is 5.73 Å². The minimum Gasteiger partial charge on any atom is -0.495 e. The van der Waals surface area contributed by atoms with E-state index in [1.165, 1.54) is 43.5 Å². The summed E-state index contributed by atoms with van der Waals surface area (Å²) >= 11 is 3.22. The fourth-order valence-electron chi connectivity index (χ4n) is 2.78. The minimum atomic E-state index is -4.69. The molecule has 184 valence electrons. The summed E-state index contributed by atoms with van der Waals surface area (Å²) in [7, 11) is -2.20. The van der Waals surface area contributed by atoms with Crippen molar-refractivity contribution in [3.05, 3.63) is 82.5 Å². The molecule has 8 nitrogen and oxygen atoms in total. The largest absolute Gasteiger partial charge is 0.495 e. The molecule has 35 heavy (non-hydrogen) atoms. The van der Waals surface area contributed by atoms with E-state index < -0.39 is 27.3 Å². The molecule has 0 spiro atoms. The number of halogens is 4. The summed E-state index contributed by atoms with van der Waals surface area (Å²) in [6.07, 6.45) is -3.64. The lowest BCUT2D eigenvalue weighted by Crippen LogP contribution is -2.12. The van der Waals surface area contributed by atoms with Gasteiger partial charge in [-0.25, -0.2) is 13.4 Å². The topological polar surface area (TPSA) is 121 Å². The summed E-state index contributed by atoms with van der Waals surface area (Å²) in [6.45, 7) is 3.63. The highest BCUT2D eigenvalue weighted by molar-refractivity contribution is 9.12. The second kappa shape index (κ2) is 10.0. The molecule has 0 aliphatic rings. The molecule has 3 rings (SSSR count). The molecular formula is C22H18BrF3N4O4S. The number of para-hydroxylation sites is 1. The number of rotatable bonds is 7. The molecular weight excluding hydrogens is 553 g/mol. The van der Waals surface area contributed by atoms with Gasteiger partial charge in [0.1, 0.15) is 11.5 Å². The van der Waals surface area contributed by atoms with Crippen molar-refractivity contribution in [2.75, 3.05) is 13.4 Å². The first-order valence-electron chi connectivity index (χ1n) is 9.61. The van der Waals surface area contributed by atoms with E-state index in [-0.39, 0.29) is 43.9 Å². The molecule has 0 amide bonds. The van der Waals surface area contributed by atoms with Crippen LogP contribution in [-0.4, -0.2) is 37.7 Å². The van der Waals surface area contributed by atoms with Gasteiger partial charge in [0.2, 0.25) is 5.89 Å². The van der Waals surface area contributed by atoms with Crippen LogP contribution in [0.4, 0.5) is 18.9 Å². The summed E-state index contributed by atoms with van der Waals surface area (Å²) < 4.78 is 75.1. The van der Waals surface area contributed by atoms with Crippen molar-refractivity contribution in [1.29, 1.82) is 0 Å². The molecule has 3 aromatic rings. The van der Waals surface area contributed by atoms with Crippen molar-refractivity contribution in [3.63, 3.8) is 0 Å². The second-order valence-corrected chi connectivity index (χ2v) is 9.85. The van der Waals surface area contributed by atoms with Gasteiger partial charge in [0.15, 0.2) is 9.84 Å². The number of nitrogens with two attached hydrogens (primary N) is 1. The molecule has 0 saturated carbocycles. The molecule has 0 bridgehead atoms. The maximum absolute atomic E-state index is 13.6. The van der Waals surface area contributed by atoms with E-state index in [1.807, 2.05) is 0 Å². The fraction of sp³-hybridized carbons (Fsp3) is 0.136. The van der Waals surface area contributed by atoms with Gasteiger partial charge < -0.3 is 14.9 Å². The second-order valence-electron chi connectivity index (χ2n) is 7.04. The smallest absolute Gasteiger partial charge is 0.418 e. The summed E-state index contributed by atoms with van der Waals surface area (Å²) in [5.74, 6) is -0.374. The molecule has 0 aliphatic heterocycles. The zero-order valence-electron chi connectivity index (χ0n) is 18.3. The Hall–Kier alpha value is -3.45. The van der Waals surface area contributed by atoms with E-state index in [9.17, 15) is 21.6 Å². The van der Waals surface area contributed by atoms with Crippen LogP contribution in [0.25, 0.3) is 11.5 Å². The van der Waals surface area contributed by atoms with Crippen LogP contribution in [0.5, 0.6) is 0 Å². The third-order valence-electron chi connectivity index (χ3n) is 4.57. The summed E-state index contributed by atoms with van der Waals surface area (Å²) in [5.41, 5.74) is 4.57. The minimum absolute atomic E-state index is 0.00859. The maximum Gasteiger partial charge on any atom is 0.418 e. The molecule has 0 atom stereocenters. The number of alkyl halides is 3. The van der Waals surface area contributed by atoms with E-state index in [1.54, 1.807) is 0 Å². The summed E-state index contributed by atoms with van der Waals surface area (Å²) in [5, 5.41) is 7.79. The highest BCUT2D eigenvalue weighted by atomic mass is 79.9. The van der Waals surface area contributed by atoms with Crippen LogP contribution in [0.1, 0.15) is 11.5 Å². The number of ether oxygens (including phenoxy) is 1. The molecule has 0 radical (unpaired) electrons. The number of benzene rings is 2. The molecule has 0 fully saturated rings. The van der Waals surface area contributed by atoms with Crippen molar-refractivity contribution in [1.82, 2.24) is 10.2 Å². The third-order valence-corrected chi connectivity index (χ3v) is 6.48. The SMILES string of the molecule is C=C(OC)C(N)=C(Br)C(=Nc1ccccc1C(F)(F)F)c1nnc(-c2cccc(S(C)(=O)=O)c2)o1. The van der Waals surface area contributed by atoms with Gasteiger partial charge in [-0.3, -0.25) is 0 Å². The molecule has 1 aromatic heterocycles. The van der Waals surface area contributed by atoms with Gasteiger partial charge in [-0.2, -0.15) is 13.2 Å². The summed E-state index contributed by atoms with van der Waals surface area (Å²) in [4.78, 5) is 4.14. The van der Waals surface area contributed by atoms with Crippen molar-refractivity contribution >= 4 is 37.2 Å². The lowest BCUT2D eigenvalue weighted by Gasteiger charge is -2.12. The van der Waals surface area contributed by atoms with E-state index in [2.05, 4.69) is 37.7 Å². The number of hydrogen-bond donors (Lipinski definition) is 1. The normalized spacial score (nSPS) is 13.4. The molecule has 0 unspecified atom stereocenters. The predicted octanol–water partition coefficient (Wildman–Crippen LogP) is 5.01. The van der Waals surface area contributed by atoms with Crippen molar-refractivity contribution in [3.8, 4) is 11.5 Å². The summed E-state index contributed by atoms with van der Waals surface area (Å²) in [6, 6.07) is 10.4. The van der Waals surface area contributed by atoms with Gasteiger partial charge >= 0.3 is 6.18 Å². The monoisotopic (exact) mass is 570 g/mol. The Labute approximate surface area is 207 Å². The molecule has 2 N–H and O–H groups in total. The number of aromatic nitrogens is 2. The van der Waals surface area contributed by atoms with Crippen molar-refractivity contribution < 1.29 is 30.7 Å². The first-order valence-corrected chi connectivity index (χ1v) is 12.3. The lowest BCUT2D eigenvalue weighted by atomic mass is 10.1. The fourth-order valence-corrected chi connectivity index (χ4v) is 3.92. The van der Waals surface area contributed by atoms with Gasteiger partial charge in [-0.1, -0.05) is 24.8 Å². The Balaban J connectivity index is 2.21. The Kier molecular flexibility index (Phi) is 7.50. The molecule has 2 aromatic carbocycles. The molecule has 0 aliphatic carbocycles. The number of aliphatic imine (C=N–C) groups is 1. The Bertz CT molecular complexity index is 1450. The van der Waals surface area contributed by atoms with Crippen LogP contribution in [0.15, 0.2) is 85.4 Å². The molecule has 1 heterocycles. The third kappa shape index (κ3) is 5.98. The highest BCUT2D eigenvalue weighted by Crippen LogP contribution is 2.37. The van der Waals surface area contributed by atoms with Crippen LogP contribution >= 0.6 is 15.9 Å². The Morgan fingerprint density at radius 2 is 1.86 bits per heavy atom. The number of sulfone groups is 1. The van der Waals surface area contributed by atoms with Gasteiger partial charge in [-0.15, -0.1) is 10.2 Å². The number of hydrogen-bond acceptors (Lipinski definition) is 8. The molecule has 0 saturated heterocycles. The van der Waals surface area contributed by atoms with Crippen LogP contribution in [0.3, 0.4) is 0 Å². The average molecular weight is 571 g/mol. The number of methoxy groups -OCH3 is 1. The predicted molar refractivity (Wildman–Crippen MR) is 127 cm³/mol. The van der Waals surface area contributed by atoms with Gasteiger partial charge in [0, 0.05) is 11.8 Å². The first-order chi connectivity index (χ1) is 16.3. The maximum atomic E-state index is 13.6. The van der Waals surface area contributed by atoms with Gasteiger partial charge in [-0.05, 0) is 46.3 Å². The Morgan fingerprint density at radius 1 is 1.17 bits per heavy atom. The van der Waals surface area contributed by atoms with E-state index >= 15 is 0 Å².